The van der Waals surface area contributed by atoms with E-state index >= 15 is 0 Å². The smallest absolute Gasteiger partial charge is 0.416 e. The van der Waals surface area contributed by atoms with Crippen LogP contribution in [0.1, 0.15) is 54.9 Å². The summed E-state index contributed by atoms with van der Waals surface area (Å²) in [6, 6.07) is 10.5. The van der Waals surface area contributed by atoms with Crippen molar-refractivity contribution < 1.29 is 27.4 Å². The molecule has 0 amide bonds. The molecule has 146 valence electrons. The van der Waals surface area contributed by atoms with E-state index in [1.165, 1.54) is 19.3 Å². The Hall–Kier alpha value is -2.50. The van der Waals surface area contributed by atoms with Crippen molar-refractivity contribution in [1.29, 1.82) is 0 Å². The Morgan fingerprint density at radius 1 is 0.852 bits per heavy atom. The van der Waals surface area contributed by atoms with E-state index in [0.29, 0.717) is 17.9 Å². The van der Waals surface area contributed by atoms with Crippen LogP contribution in [0.5, 0.6) is 11.5 Å². The topological polar surface area (TPSA) is 35.5 Å². The minimum atomic E-state index is -4.42. The number of halogens is 3. The molecule has 0 heterocycles. The van der Waals surface area contributed by atoms with Crippen molar-refractivity contribution in [3.05, 3.63) is 59.7 Å². The molecule has 0 bridgehead atoms. The molecule has 0 radical (unpaired) electrons. The lowest BCUT2D eigenvalue weighted by atomic mass is 10.2. The van der Waals surface area contributed by atoms with Gasteiger partial charge in [-0.2, -0.15) is 13.2 Å². The summed E-state index contributed by atoms with van der Waals surface area (Å²) in [6.45, 7) is 2.79. The van der Waals surface area contributed by atoms with Crippen molar-refractivity contribution in [2.45, 2.75) is 45.2 Å². The predicted molar refractivity (Wildman–Crippen MR) is 97.1 cm³/mol. The van der Waals surface area contributed by atoms with E-state index < -0.39 is 17.7 Å². The lowest BCUT2D eigenvalue weighted by Crippen LogP contribution is -2.09. The quantitative estimate of drug-likeness (QED) is 0.292. The average molecular weight is 380 g/mol. The van der Waals surface area contributed by atoms with Gasteiger partial charge < -0.3 is 9.47 Å². The third-order valence-corrected chi connectivity index (χ3v) is 4.00. The molecule has 27 heavy (non-hydrogen) atoms. The van der Waals surface area contributed by atoms with Gasteiger partial charge in [0, 0.05) is 0 Å². The molecule has 0 atom stereocenters. The fourth-order valence-electron chi connectivity index (χ4n) is 2.46. The summed E-state index contributed by atoms with van der Waals surface area (Å²) in [7, 11) is 0. The summed E-state index contributed by atoms with van der Waals surface area (Å²) < 4.78 is 48.3. The third-order valence-electron chi connectivity index (χ3n) is 4.00. The van der Waals surface area contributed by atoms with Crippen LogP contribution in [0.4, 0.5) is 13.2 Å². The maximum absolute atomic E-state index is 12.5. The van der Waals surface area contributed by atoms with Crippen LogP contribution in [0.2, 0.25) is 0 Å². The molecular weight excluding hydrogens is 357 g/mol. The molecule has 0 saturated heterocycles. The molecule has 0 aromatic heterocycles. The Labute approximate surface area is 157 Å². The molecule has 0 aliphatic heterocycles. The summed E-state index contributed by atoms with van der Waals surface area (Å²) in [5, 5.41) is 0. The SMILES string of the molecule is CCCCCCCOc1ccc(C(=O)Oc2ccc(C(F)(F)F)cc2)cc1. The van der Waals surface area contributed by atoms with Gasteiger partial charge >= 0.3 is 12.1 Å². The second-order valence-corrected chi connectivity index (χ2v) is 6.20. The fraction of sp³-hybridized carbons (Fsp3) is 0.381. The molecule has 0 saturated carbocycles. The highest BCUT2D eigenvalue weighted by molar-refractivity contribution is 5.91. The Balaban J connectivity index is 1.83. The molecule has 2 rings (SSSR count). The average Bonchev–Trinajstić information content (AvgIpc) is 2.65. The zero-order valence-corrected chi connectivity index (χ0v) is 15.2. The van der Waals surface area contributed by atoms with Crippen LogP contribution in [0.15, 0.2) is 48.5 Å². The first-order valence-electron chi connectivity index (χ1n) is 9.02. The van der Waals surface area contributed by atoms with Crippen LogP contribution in [0, 0.1) is 0 Å². The molecule has 2 aromatic rings. The lowest BCUT2D eigenvalue weighted by molar-refractivity contribution is -0.137. The van der Waals surface area contributed by atoms with Crippen LogP contribution >= 0.6 is 0 Å². The number of hydrogen-bond acceptors (Lipinski definition) is 3. The first-order chi connectivity index (χ1) is 12.9. The van der Waals surface area contributed by atoms with Gasteiger partial charge in [0.25, 0.3) is 0 Å². The summed E-state index contributed by atoms with van der Waals surface area (Å²) in [5.41, 5.74) is -0.497. The highest BCUT2D eigenvalue weighted by atomic mass is 19.4. The number of unbranched alkanes of at least 4 members (excludes halogenated alkanes) is 4. The molecule has 6 heteroatoms. The molecule has 0 aliphatic carbocycles. The highest BCUT2D eigenvalue weighted by Gasteiger charge is 2.30. The van der Waals surface area contributed by atoms with Crippen LogP contribution < -0.4 is 9.47 Å². The monoisotopic (exact) mass is 380 g/mol. The number of rotatable bonds is 9. The summed E-state index contributed by atoms with van der Waals surface area (Å²) in [5.74, 6) is 0.0813. The molecule has 0 N–H and O–H groups in total. The second-order valence-electron chi connectivity index (χ2n) is 6.20. The van der Waals surface area contributed by atoms with E-state index in [1.807, 2.05) is 0 Å². The normalized spacial score (nSPS) is 11.3. The van der Waals surface area contributed by atoms with E-state index in [-0.39, 0.29) is 5.75 Å². The van der Waals surface area contributed by atoms with Crippen LogP contribution in [-0.2, 0) is 6.18 Å². The number of alkyl halides is 3. The Kier molecular flexibility index (Phi) is 7.70. The number of esters is 1. The molecule has 0 unspecified atom stereocenters. The van der Waals surface area contributed by atoms with E-state index in [1.54, 1.807) is 24.3 Å². The van der Waals surface area contributed by atoms with Gasteiger partial charge in [-0.05, 0) is 55.0 Å². The number of carbonyl (C=O) groups is 1. The van der Waals surface area contributed by atoms with Crippen molar-refractivity contribution in [2.75, 3.05) is 6.61 Å². The maximum Gasteiger partial charge on any atom is 0.416 e. The van der Waals surface area contributed by atoms with Gasteiger partial charge in [0.1, 0.15) is 11.5 Å². The first-order valence-corrected chi connectivity index (χ1v) is 9.02. The minimum Gasteiger partial charge on any atom is -0.494 e. The second kappa shape index (κ2) is 10.00. The van der Waals surface area contributed by atoms with E-state index in [4.69, 9.17) is 9.47 Å². The molecule has 2 aromatic carbocycles. The number of hydrogen-bond donors (Lipinski definition) is 0. The van der Waals surface area contributed by atoms with Gasteiger partial charge in [0.15, 0.2) is 0 Å². The van der Waals surface area contributed by atoms with Gasteiger partial charge in [-0.1, -0.05) is 32.6 Å². The van der Waals surface area contributed by atoms with Crippen molar-refractivity contribution in [2.24, 2.45) is 0 Å². The van der Waals surface area contributed by atoms with Gasteiger partial charge in [0.2, 0.25) is 0 Å². The maximum atomic E-state index is 12.5. The fourth-order valence-corrected chi connectivity index (χ4v) is 2.46. The van der Waals surface area contributed by atoms with Crippen LogP contribution in [0.25, 0.3) is 0 Å². The summed E-state index contributed by atoms with van der Waals surface area (Å²) in [4.78, 5) is 12.1. The van der Waals surface area contributed by atoms with Gasteiger partial charge in [-0.15, -0.1) is 0 Å². The Morgan fingerprint density at radius 2 is 1.44 bits per heavy atom. The molecule has 0 fully saturated rings. The molecule has 0 spiro atoms. The minimum absolute atomic E-state index is 0.0559. The molecule has 3 nitrogen and oxygen atoms in total. The highest BCUT2D eigenvalue weighted by Crippen LogP contribution is 2.30. The largest absolute Gasteiger partial charge is 0.494 e. The van der Waals surface area contributed by atoms with E-state index in [2.05, 4.69) is 6.92 Å². The molecule has 0 aliphatic rings. The van der Waals surface area contributed by atoms with Gasteiger partial charge in [0.05, 0.1) is 17.7 Å². The van der Waals surface area contributed by atoms with Crippen molar-refractivity contribution in [1.82, 2.24) is 0 Å². The third kappa shape index (κ3) is 6.96. The number of ether oxygens (including phenoxy) is 2. The summed E-state index contributed by atoms with van der Waals surface area (Å²) >= 11 is 0. The predicted octanol–water partition coefficient (Wildman–Crippen LogP) is 6.27. The first kappa shape index (κ1) is 20.8. The van der Waals surface area contributed by atoms with Crippen molar-refractivity contribution in [3.63, 3.8) is 0 Å². The molecular formula is C21H23F3O3. The number of benzene rings is 2. The lowest BCUT2D eigenvalue weighted by Gasteiger charge is -2.09. The van der Waals surface area contributed by atoms with Crippen molar-refractivity contribution >= 4 is 5.97 Å². The van der Waals surface area contributed by atoms with Crippen LogP contribution in [0.3, 0.4) is 0 Å². The zero-order chi connectivity index (χ0) is 19.7. The zero-order valence-electron chi connectivity index (χ0n) is 15.2. The number of carbonyl (C=O) groups excluding carboxylic acids is 1. The Morgan fingerprint density at radius 3 is 2.04 bits per heavy atom. The van der Waals surface area contributed by atoms with Crippen LogP contribution in [-0.4, -0.2) is 12.6 Å². The van der Waals surface area contributed by atoms with E-state index in [0.717, 1.165) is 37.1 Å². The Bertz CT molecular complexity index is 707. The standard InChI is InChI=1S/C21H23F3O3/c1-2-3-4-5-6-15-26-18-11-7-16(8-12-18)20(25)27-19-13-9-17(10-14-19)21(22,23)24/h7-14H,2-6,15H2,1H3. The van der Waals surface area contributed by atoms with Gasteiger partial charge in [-0.25, -0.2) is 4.79 Å². The van der Waals surface area contributed by atoms with Gasteiger partial charge in [-0.3, -0.25) is 0 Å². The van der Waals surface area contributed by atoms with Crippen molar-refractivity contribution in [3.8, 4) is 11.5 Å². The van der Waals surface area contributed by atoms with E-state index in [9.17, 15) is 18.0 Å². The summed E-state index contributed by atoms with van der Waals surface area (Å²) in [6.07, 6.45) is 1.33.